The number of terminal acetylenes is 1. The summed E-state index contributed by atoms with van der Waals surface area (Å²) in [6, 6.07) is 0. The molecule has 2 atom stereocenters. The number of morpholine rings is 1. The minimum atomic E-state index is -0.514. The molecule has 1 rings (SSSR count). The second-order valence-electron chi connectivity index (χ2n) is 3.69. The number of aliphatic hydroxyl groups is 1. The lowest BCUT2D eigenvalue weighted by atomic mass is 10.1. The SMILES string of the molecule is C#CCC(O)C1CN(CCC)CCO1. The average Bonchev–Trinajstić information content (AvgIpc) is 2.19. The molecule has 14 heavy (non-hydrogen) atoms. The topological polar surface area (TPSA) is 32.7 Å². The van der Waals surface area contributed by atoms with E-state index in [0.29, 0.717) is 13.0 Å². The van der Waals surface area contributed by atoms with Crippen molar-refractivity contribution in [1.29, 1.82) is 0 Å². The number of ether oxygens (including phenoxy) is 1. The molecule has 1 saturated heterocycles. The molecule has 1 fully saturated rings. The van der Waals surface area contributed by atoms with Gasteiger partial charge in [-0.15, -0.1) is 12.3 Å². The molecule has 3 heteroatoms. The van der Waals surface area contributed by atoms with E-state index in [1.807, 2.05) is 0 Å². The van der Waals surface area contributed by atoms with Gasteiger partial charge in [0.15, 0.2) is 0 Å². The Labute approximate surface area is 86.0 Å². The maximum atomic E-state index is 9.67. The number of nitrogens with zero attached hydrogens (tertiary/aromatic N) is 1. The van der Waals surface area contributed by atoms with Crippen molar-refractivity contribution in [1.82, 2.24) is 4.90 Å². The van der Waals surface area contributed by atoms with Crippen LogP contribution in [-0.2, 0) is 4.74 Å². The van der Waals surface area contributed by atoms with Crippen LogP contribution < -0.4 is 0 Å². The largest absolute Gasteiger partial charge is 0.389 e. The Balaban J connectivity index is 2.35. The molecule has 80 valence electrons. The molecule has 1 aliphatic heterocycles. The van der Waals surface area contributed by atoms with E-state index < -0.39 is 6.10 Å². The molecule has 0 aromatic rings. The fourth-order valence-corrected chi connectivity index (χ4v) is 1.74. The first-order chi connectivity index (χ1) is 6.77. The molecule has 2 unspecified atom stereocenters. The van der Waals surface area contributed by atoms with Gasteiger partial charge >= 0.3 is 0 Å². The molecule has 3 nitrogen and oxygen atoms in total. The maximum absolute atomic E-state index is 9.67. The van der Waals surface area contributed by atoms with Gasteiger partial charge in [-0.25, -0.2) is 0 Å². The van der Waals surface area contributed by atoms with E-state index in [9.17, 15) is 5.11 Å². The Hall–Kier alpha value is -0.560. The minimum Gasteiger partial charge on any atom is -0.389 e. The molecular weight excluding hydrogens is 178 g/mol. The van der Waals surface area contributed by atoms with Gasteiger partial charge in [-0.05, 0) is 13.0 Å². The fourth-order valence-electron chi connectivity index (χ4n) is 1.74. The third-order valence-electron chi connectivity index (χ3n) is 2.47. The van der Waals surface area contributed by atoms with Gasteiger partial charge in [-0.1, -0.05) is 6.92 Å². The fraction of sp³-hybridized carbons (Fsp3) is 0.818. The third-order valence-corrected chi connectivity index (χ3v) is 2.47. The van der Waals surface area contributed by atoms with Crippen molar-refractivity contribution in [2.45, 2.75) is 32.0 Å². The van der Waals surface area contributed by atoms with Crippen LogP contribution in [0, 0.1) is 12.3 Å². The van der Waals surface area contributed by atoms with E-state index in [2.05, 4.69) is 17.7 Å². The first-order valence-electron chi connectivity index (χ1n) is 5.23. The Morgan fingerprint density at radius 2 is 2.50 bits per heavy atom. The van der Waals surface area contributed by atoms with Crippen LogP contribution in [0.25, 0.3) is 0 Å². The van der Waals surface area contributed by atoms with Gasteiger partial charge in [0.25, 0.3) is 0 Å². The van der Waals surface area contributed by atoms with Crippen molar-refractivity contribution in [3.05, 3.63) is 0 Å². The van der Waals surface area contributed by atoms with Crippen molar-refractivity contribution in [2.75, 3.05) is 26.2 Å². The Bertz CT molecular complexity index is 198. The quantitative estimate of drug-likeness (QED) is 0.665. The monoisotopic (exact) mass is 197 g/mol. The van der Waals surface area contributed by atoms with Gasteiger partial charge in [0.1, 0.15) is 0 Å². The summed E-state index contributed by atoms with van der Waals surface area (Å²) in [5.74, 6) is 2.46. The Morgan fingerprint density at radius 1 is 1.71 bits per heavy atom. The normalized spacial score (nSPS) is 25.6. The molecule has 0 bridgehead atoms. The molecule has 0 aliphatic carbocycles. The van der Waals surface area contributed by atoms with E-state index in [1.165, 1.54) is 0 Å². The van der Waals surface area contributed by atoms with E-state index in [-0.39, 0.29) is 6.10 Å². The van der Waals surface area contributed by atoms with Crippen molar-refractivity contribution in [3.63, 3.8) is 0 Å². The number of hydrogen-bond acceptors (Lipinski definition) is 3. The lowest BCUT2D eigenvalue weighted by molar-refractivity contribution is -0.0864. The van der Waals surface area contributed by atoms with Gasteiger partial charge in [-0.2, -0.15) is 0 Å². The summed E-state index contributed by atoms with van der Waals surface area (Å²) in [4.78, 5) is 2.31. The van der Waals surface area contributed by atoms with E-state index in [4.69, 9.17) is 11.2 Å². The van der Waals surface area contributed by atoms with Crippen LogP contribution in [0.15, 0.2) is 0 Å². The summed E-state index contributed by atoms with van der Waals surface area (Å²) in [5.41, 5.74) is 0. The average molecular weight is 197 g/mol. The van der Waals surface area contributed by atoms with E-state index in [1.54, 1.807) is 0 Å². The molecule has 1 heterocycles. The highest BCUT2D eigenvalue weighted by Crippen LogP contribution is 2.11. The molecule has 0 aromatic carbocycles. The molecule has 0 amide bonds. The van der Waals surface area contributed by atoms with E-state index >= 15 is 0 Å². The van der Waals surface area contributed by atoms with Crippen LogP contribution in [0.3, 0.4) is 0 Å². The van der Waals surface area contributed by atoms with E-state index in [0.717, 1.165) is 26.1 Å². The Kier molecular flexibility index (Phi) is 4.95. The van der Waals surface area contributed by atoms with Gasteiger partial charge in [-0.3, -0.25) is 4.90 Å². The highest BCUT2D eigenvalue weighted by molar-refractivity contribution is 4.91. The lowest BCUT2D eigenvalue weighted by Crippen LogP contribution is -2.47. The zero-order chi connectivity index (χ0) is 10.4. The third kappa shape index (κ3) is 3.30. The van der Waals surface area contributed by atoms with Crippen LogP contribution in [0.2, 0.25) is 0 Å². The van der Waals surface area contributed by atoms with Gasteiger partial charge < -0.3 is 9.84 Å². The first kappa shape index (κ1) is 11.5. The highest BCUT2D eigenvalue weighted by Gasteiger charge is 2.25. The van der Waals surface area contributed by atoms with Gasteiger partial charge in [0, 0.05) is 19.5 Å². The van der Waals surface area contributed by atoms with Crippen LogP contribution in [-0.4, -0.2) is 48.5 Å². The number of hydrogen-bond donors (Lipinski definition) is 1. The summed E-state index contributed by atoms with van der Waals surface area (Å²) in [7, 11) is 0. The summed E-state index contributed by atoms with van der Waals surface area (Å²) >= 11 is 0. The second kappa shape index (κ2) is 6.02. The zero-order valence-corrected chi connectivity index (χ0v) is 8.78. The molecule has 1 N–H and O–H groups in total. The summed E-state index contributed by atoms with van der Waals surface area (Å²) in [6.45, 7) is 5.70. The molecule has 0 spiro atoms. The highest BCUT2D eigenvalue weighted by atomic mass is 16.5. The molecule has 0 aromatic heterocycles. The van der Waals surface area contributed by atoms with Crippen LogP contribution >= 0.6 is 0 Å². The standard InChI is InChI=1S/C11H19NO2/c1-3-5-10(13)11-9-12(6-4-2)7-8-14-11/h1,10-11,13H,4-9H2,2H3. The molecular formula is C11H19NO2. The van der Waals surface area contributed by atoms with Crippen LogP contribution in [0.1, 0.15) is 19.8 Å². The predicted molar refractivity (Wildman–Crippen MR) is 55.9 cm³/mol. The van der Waals surface area contributed by atoms with Crippen molar-refractivity contribution in [2.24, 2.45) is 0 Å². The van der Waals surface area contributed by atoms with Crippen LogP contribution in [0.4, 0.5) is 0 Å². The number of aliphatic hydroxyl groups excluding tert-OH is 1. The maximum Gasteiger partial charge on any atom is 0.0970 e. The molecule has 0 radical (unpaired) electrons. The van der Waals surface area contributed by atoms with Crippen LogP contribution in [0.5, 0.6) is 0 Å². The molecule has 0 saturated carbocycles. The summed E-state index contributed by atoms with van der Waals surface area (Å²) in [6.07, 6.45) is 6.05. The van der Waals surface area contributed by atoms with Crippen molar-refractivity contribution >= 4 is 0 Å². The molecule has 1 aliphatic rings. The predicted octanol–water partition coefficient (Wildman–Crippen LogP) is 0.481. The van der Waals surface area contributed by atoms with Crippen molar-refractivity contribution in [3.8, 4) is 12.3 Å². The minimum absolute atomic E-state index is 0.105. The van der Waals surface area contributed by atoms with Gasteiger partial charge in [0.05, 0.1) is 18.8 Å². The lowest BCUT2D eigenvalue weighted by Gasteiger charge is -2.34. The van der Waals surface area contributed by atoms with Gasteiger partial charge in [0.2, 0.25) is 0 Å². The van der Waals surface area contributed by atoms with Crippen molar-refractivity contribution < 1.29 is 9.84 Å². The second-order valence-corrected chi connectivity index (χ2v) is 3.69. The first-order valence-corrected chi connectivity index (χ1v) is 5.23. The summed E-state index contributed by atoms with van der Waals surface area (Å²) in [5, 5.41) is 9.67. The zero-order valence-electron chi connectivity index (χ0n) is 8.78. The summed E-state index contributed by atoms with van der Waals surface area (Å²) < 4.78 is 5.48. The number of rotatable bonds is 4. The Morgan fingerprint density at radius 3 is 3.14 bits per heavy atom. The smallest absolute Gasteiger partial charge is 0.0970 e.